The zero-order chi connectivity index (χ0) is 9.40. The Balaban J connectivity index is 3.41. The van der Waals surface area contributed by atoms with Crippen molar-refractivity contribution in [3.63, 3.8) is 0 Å². The molecule has 0 aromatic heterocycles. The van der Waals surface area contributed by atoms with Gasteiger partial charge in [0.2, 0.25) is 0 Å². The van der Waals surface area contributed by atoms with Gasteiger partial charge in [-0.25, -0.2) is 0 Å². The zero-order valence-corrected chi connectivity index (χ0v) is 8.61. The van der Waals surface area contributed by atoms with Crippen LogP contribution in [0.15, 0.2) is 11.6 Å². The van der Waals surface area contributed by atoms with E-state index in [0.717, 1.165) is 18.6 Å². The van der Waals surface area contributed by atoms with E-state index in [2.05, 4.69) is 26.8 Å². The van der Waals surface area contributed by atoms with Gasteiger partial charge in [-0.05, 0) is 26.7 Å². The van der Waals surface area contributed by atoms with Gasteiger partial charge >= 0.3 is 0 Å². The van der Waals surface area contributed by atoms with Crippen LogP contribution in [0.4, 0.5) is 0 Å². The van der Waals surface area contributed by atoms with Gasteiger partial charge in [0, 0.05) is 12.1 Å². The predicted molar refractivity (Wildman–Crippen MR) is 55.9 cm³/mol. The molecule has 0 spiro atoms. The second-order valence-electron chi connectivity index (χ2n) is 3.55. The smallest absolute Gasteiger partial charge is 0.0127 e. The van der Waals surface area contributed by atoms with Gasteiger partial charge in [-0.15, -0.1) is 0 Å². The molecule has 0 aliphatic rings. The van der Waals surface area contributed by atoms with Crippen molar-refractivity contribution in [2.45, 2.75) is 52.9 Å². The molecule has 70 valence electrons. The second kappa shape index (κ2) is 7.08. The summed E-state index contributed by atoms with van der Waals surface area (Å²) in [6.45, 7) is 6.36. The number of unbranched alkanes of at least 4 members (excludes halogenated alkanes) is 2. The minimum atomic E-state index is 0.853. The van der Waals surface area contributed by atoms with Crippen LogP contribution in [0.3, 0.4) is 0 Å². The molecule has 12 heavy (non-hydrogen) atoms. The Morgan fingerprint density at radius 2 is 1.92 bits per heavy atom. The van der Waals surface area contributed by atoms with E-state index in [1.54, 1.807) is 0 Å². The topological polar surface area (TPSA) is 23.9 Å². The summed E-state index contributed by atoms with van der Waals surface area (Å²) >= 11 is 0. The molecule has 0 saturated carbocycles. The largest absolute Gasteiger partial charge is 0.309 e. The fourth-order valence-corrected chi connectivity index (χ4v) is 1.02. The minimum absolute atomic E-state index is 0.853. The molecule has 0 aliphatic heterocycles. The first-order valence-electron chi connectivity index (χ1n) is 4.86. The molecule has 0 atom stereocenters. The predicted octanol–water partition coefficient (Wildman–Crippen LogP) is 3.94. The van der Waals surface area contributed by atoms with Gasteiger partial charge in [0.05, 0.1) is 0 Å². The van der Waals surface area contributed by atoms with Crippen molar-refractivity contribution >= 4 is 5.71 Å². The van der Waals surface area contributed by atoms with E-state index < -0.39 is 0 Å². The Morgan fingerprint density at radius 1 is 1.25 bits per heavy atom. The van der Waals surface area contributed by atoms with Crippen LogP contribution in [0.5, 0.6) is 0 Å². The first-order valence-corrected chi connectivity index (χ1v) is 4.86. The lowest BCUT2D eigenvalue weighted by Crippen LogP contribution is -1.94. The monoisotopic (exact) mass is 167 g/mol. The van der Waals surface area contributed by atoms with Crippen molar-refractivity contribution < 1.29 is 0 Å². The molecule has 0 bridgehead atoms. The van der Waals surface area contributed by atoms with Gasteiger partial charge in [-0.1, -0.05) is 31.4 Å². The fraction of sp³-hybridized carbons (Fsp3) is 0.727. The molecule has 0 radical (unpaired) electrons. The Labute approximate surface area is 76.4 Å². The highest BCUT2D eigenvalue weighted by Crippen LogP contribution is 2.03. The fourth-order valence-electron chi connectivity index (χ4n) is 1.02. The normalized spacial score (nSPS) is 9.58. The van der Waals surface area contributed by atoms with Crippen molar-refractivity contribution in [2.75, 3.05) is 0 Å². The standard InChI is InChI=1S/C11H21N/c1-4-5-6-7-11(12)9-8-10(2)3/h8,12H,4-7,9H2,1-3H3. The van der Waals surface area contributed by atoms with Crippen molar-refractivity contribution in [2.24, 2.45) is 0 Å². The Morgan fingerprint density at radius 3 is 2.42 bits per heavy atom. The molecule has 0 unspecified atom stereocenters. The summed E-state index contributed by atoms with van der Waals surface area (Å²) in [7, 11) is 0. The maximum atomic E-state index is 7.62. The third-order valence-corrected chi connectivity index (χ3v) is 1.84. The van der Waals surface area contributed by atoms with Crippen LogP contribution in [-0.4, -0.2) is 5.71 Å². The van der Waals surface area contributed by atoms with Crippen LogP contribution in [0, 0.1) is 5.41 Å². The van der Waals surface area contributed by atoms with Gasteiger partial charge < -0.3 is 5.41 Å². The van der Waals surface area contributed by atoms with E-state index in [1.807, 2.05) is 0 Å². The first kappa shape index (κ1) is 11.4. The number of hydrogen-bond donors (Lipinski definition) is 1. The van der Waals surface area contributed by atoms with Crippen LogP contribution in [0.2, 0.25) is 0 Å². The first-order chi connectivity index (χ1) is 5.66. The minimum Gasteiger partial charge on any atom is -0.309 e. The lowest BCUT2D eigenvalue weighted by molar-refractivity contribution is 0.737. The molecule has 0 aromatic carbocycles. The summed E-state index contributed by atoms with van der Waals surface area (Å²) in [4.78, 5) is 0. The number of rotatable bonds is 6. The highest BCUT2D eigenvalue weighted by atomic mass is 14.4. The molecule has 0 amide bonds. The molecule has 1 N–H and O–H groups in total. The van der Waals surface area contributed by atoms with Gasteiger partial charge in [-0.3, -0.25) is 0 Å². The van der Waals surface area contributed by atoms with Crippen LogP contribution >= 0.6 is 0 Å². The SMILES string of the molecule is CCCCCC(=N)CC=C(C)C. The number of allylic oxidation sites excluding steroid dienone is 2. The van der Waals surface area contributed by atoms with Crippen LogP contribution in [0.25, 0.3) is 0 Å². The van der Waals surface area contributed by atoms with Gasteiger partial charge in [0.1, 0.15) is 0 Å². The third-order valence-electron chi connectivity index (χ3n) is 1.84. The van der Waals surface area contributed by atoms with E-state index in [-0.39, 0.29) is 0 Å². The number of hydrogen-bond acceptors (Lipinski definition) is 1. The highest BCUT2D eigenvalue weighted by molar-refractivity contribution is 5.82. The van der Waals surface area contributed by atoms with Gasteiger partial charge in [-0.2, -0.15) is 0 Å². The maximum absolute atomic E-state index is 7.62. The summed E-state index contributed by atoms with van der Waals surface area (Å²) in [6, 6.07) is 0. The molecule has 0 aliphatic carbocycles. The molecule has 0 rings (SSSR count). The van der Waals surface area contributed by atoms with E-state index in [0.29, 0.717) is 0 Å². The highest BCUT2D eigenvalue weighted by Gasteiger charge is 1.93. The quantitative estimate of drug-likeness (QED) is 0.352. The third kappa shape index (κ3) is 7.52. The lowest BCUT2D eigenvalue weighted by Gasteiger charge is -1.99. The average Bonchev–Trinajstić information content (AvgIpc) is 2.01. The summed E-state index contributed by atoms with van der Waals surface area (Å²) in [5.41, 5.74) is 2.19. The Kier molecular flexibility index (Phi) is 6.73. The summed E-state index contributed by atoms with van der Waals surface area (Å²) in [5.74, 6) is 0. The van der Waals surface area contributed by atoms with Crippen LogP contribution in [-0.2, 0) is 0 Å². The average molecular weight is 167 g/mol. The number of nitrogens with one attached hydrogen (secondary N) is 1. The van der Waals surface area contributed by atoms with E-state index in [4.69, 9.17) is 5.41 Å². The summed E-state index contributed by atoms with van der Waals surface area (Å²) in [5, 5.41) is 7.62. The van der Waals surface area contributed by atoms with Crippen LogP contribution < -0.4 is 0 Å². The van der Waals surface area contributed by atoms with E-state index in [9.17, 15) is 0 Å². The van der Waals surface area contributed by atoms with E-state index >= 15 is 0 Å². The maximum Gasteiger partial charge on any atom is 0.0127 e. The van der Waals surface area contributed by atoms with Gasteiger partial charge in [0.25, 0.3) is 0 Å². The van der Waals surface area contributed by atoms with Crippen molar-refractivity contribution in [1.82, 2.24) is 0 Å². The molecular weight excluding hydrogens is 146 g/mol. The summed E-state index contributed by atoms with van der Waals surface area (Å²) < 4.78 is 0. The lowest BCUT2D eigenvalue weighted by atomic mass is 10.1. The molecule has 0 saturated heterocycles. The molecular formula is C11H21N. The Hall–Kier alpha value is -0.590. The van der Waals surface area contributed by atoms with Crippen molar-refractivity contribution in [1.29, 1.82) is 5.41 Å². The molecule has 0 fully saturated rings. The summed E-state index contributed by atoms with van der Waals surface area (Å²) in [6.07, 6.45) is 7.66. The van der Waals surface area contributed by atoms with Crippen molar-refractivity contribution in [3.8, 4) is 0 Å². The second-order valence-corrected chi connectivity index (χ2v) is 3.55. The van der Waals surface area contributed by atoms with E-state index in [1.165, 1.54) is 24.8 Å². The molecule has 0 aromatic rings. The molecule has 1 nitrogen and oxygen atoms in total. The Bertz CT molecular complexity index is 152. The molecule has 0 heterocycles. The zero-order valence-electron chi connectivity index (χ0n) is 8.61. The molecule has 1 heteroatoms. The van der Waals surface area contributed by atoms with Gasteiger partial charge in [0.15, 0.2) is 0 Å². The van der Waals surface area contributed by atoms with Crippen molar-refractivity contribution in [3.05, 3.63) is 11.6 Å². The van der Waals surface area contributed by atoms with Crippen LogP contribution in [0.1, 0.15) is 52.9 Å².